The summed E-state index contributed by atoms with van der Waals surface area (Å²) in [6.07, 6.45) is 0. The molecule has 0 heterocycles. The fourth-order valence-electron chi connectivity index (χ4n) is 2.78. The molecule has 0 aromatic heterocycles. The van der Waals surface area contributed by atoms with E-state index in [1.165, 1.54) is 6.92 Å². The highest BCUT2D eigenvalue weighted by molar-refractivity contribution is 6.22. The van der Waals surface area contributed by atoms with Gasteiger partial charge >= 0.3 is 0 Å². The lowest BCUT2D eigenvalue weighted by atomic mass is 9.91. The lowest BCUT2D eigenvalue weighted by Crippen LogP contribution is -2.01. The van der Waals surface area contributed by atoms with Gasteiger partial charge in [0.15, 0.2) is 11.6 Å². The molecule has 2 nitrogen and oxygen atoms in total. The standard InChI is InChI=1S/C18H14O2/c1-11(19)15-9-5-7-14-10-13-6-3-4-8-16(13)17(12(2)20)18(14)15/h3-10H,1-2H3. The molecule has 0 atom stereocenters. The first-order valence-corrected chi connectivity index (χ1v) is 6.56. The number of hydrogen-bond acceptors (Lipinski definition) is 2. The number of hydrogen-bond donors (Lipinski definition) is 0. The smallest absolute Gasteiger partial charge is 0.161 e. The molecule has 0 unspecified atom stereocenters. The summed E-state index contributed by atoms with van der Waals surface area (Å²) >= 11 is 0. The number of ketones is 2. The first-order chi connectivity index (χ1) is 9.59. The van der Waals surface area contributed by atoms with Crippen molar-refractivity contribution in [1.82, 2.24) is 0 Å². The first kappa shape index (κ1) is 12.5. The Morgan fingerprint density at radius 2 is 1.50 bits per heavy atom. The normalized spacial score (nSPS) is 10.9. The molecule has 3 aromatic rings. The second kappa shape index (κ2) is 4.57. The molecular formula is C18H14O2. The molecule has 0 spiro atoms. The molecule has 3 aromatic carbocycles. The highest BCUT2D eigenvalue weighted by atomic mass is 16.1. The van der Waals surface area contributed by atoms with Gasteiger partial charge in [0.1, 0.15) is 0 Å². The van der Waals surface area contributed by atoms with E-state index in [1.807, 2.05) is 42.5 Å². The number of fused-ring (bicyclic) bond motifs is 2. The van der Waals surface area contributed by atoms with Crippen LogP contribution in [0.4, 0.5) is 0 Å². The van der Waals surface area contributed by atoms with Crippen LogP contribution in [-0.4, -0.2) is 11.6 Å². The van der Waals surface area contributed by atoms with E-state index in [9.17, 15) is 9.59 Å². The Labute approximate surface area is 117 Å². The second-order valence-electron chi connectivity index (χ2n) is 4.99. The molecule has 2 heteroatoms. The quantitative estimate of drug-likeness (QED) is 0.506. The Kier molecular flexibility index (Phi) is 2.87. The minimum absolute atomic E-state index is 0.0134. The topological polar surface area (TPSA) is 34.1 Å². The Morgan fingerprint density at radius 1 is 0.800 bits per heavy atom. The summed E-state index contributed by atoms with van der Waals surface area (Å²) in [4.78, 5) is 24.0. The van der Waals surface area contributed by atoms with Gasteiger partial charge in [0.2, 0.25) is 0 Å². The van der Waals surface area contributed by atoms with Gasteiger partial charge in [-0.15, -0.1) is 0 Å². The highest BCUT2D eigenvalue weighted by Crippen LogP contribution is 2.31. The average Bonchev–Trinajstić information content (AvgIpc) is 2.43. The van der Waals surface area contributed by atoms with Crippen LogP contribution in [0.3, 0.4) is 0 Å². The maximum Gasteiger partial charge on any atom is 0.161 e. The van der Waals surface area contributed by atoms with Crippen LogP contribution in [0.2, 0.25) is 0 Å². The molecule has 0 saturated carbocycles. The molecule has 0 amide bonds. The molecule has 0 aliphatic heterocycles. The SMILES string of the molecule is CC(=O)c1cccc2cc3ccccc3c(C(C)=O)c12. The van der Waals surface area contributed by atoms with E-state index < -0.39 is 0 Å². The Morgan fingerprint density at radius 3 is 2.20 bits per heavy atom. The number of Topliss-reactive ketones (excluding diaryl/α,β-unsaturated/α-hetero) is 2. The summed E-state index contributed by atoms with van der Waals surface area (Å²) in [6, 6.07) is 15.4. The van der Waals surface area contributed by atoms with E-state index in [4.69, 9.17) is 0 Å². The van der Waals surface area contributed by atoms with Crippen LogP contribution < -0.4 is 0 Å². The zero-order valence-electron chi connectivity index (χ0n) is 11.4. The van der Waals surface area contributed by atoms with Gasteiger partial charge in [-0.2, -0.15) is 0 Å². The Hall–Kier alpha value is -2.48. The van der Waals surface area contributed by atoms with E-state index in [-0.39, 0.29) is 11.6 Å². The van der Waals surface area contributed by atoms with Crippen LogP contribution in [0.1, 0.15) is 34.6 Å². The van der Waals surface area contributed by atoms with Crippen molar-refractivity contribution in [2.45, 2.75) is 13.8 Å². The summed E-state index contributed by atoms with van der Waals surface area (Å²) in [5.41, 5.74) is 1.25. The minimum atomic E-state index is -0.0200. The van der Waals surface area contributed by atoms with E-state index in [2.05, 4.69) is 0 Å². The number of carbonyl (C=O) groups is 2. The molecule has 0 fully saturated rings. The van der Waals surface area contributed by atoms with Crippen LogP contribution >= 0.6 is 0 Å². The third kappa shape index (κ3) is 1.81. The zero-order valence-corrected chi connectivity index (χ0v) is 11.4. The zero-order chi connectivity index (χ0) is 14.3. The summed E-state index contributed by atoms with van der Waals surface area (Å²) in [6.45, 7) is 3.09. The summed E-state index contributed by atoms with van der Waals surface area (Å²) in [7, 11) is 0. The Bertz CT molecular complexity index is 860. The third-order valence-electron chi connectivity index (χ3n) is 3.62. The van der Waals surface area contributed by atoms with E-state index in [0.29, 0.717) is 11.1 Å². The molecular weight excluding hydrogens is 248 g/mol. The van der Waals surface area contributed by atoms with Crippen LogP contribution in [0.25, 0.3) is 21.5 Å². The Balaban J connectivity index is 2.63. The molecule has 0 bridgehead atoms. The van der Waals surface area contributed by atoms with Crippen LogP contribution in [0.5, 0.6) is 0 Å². The molecule has 3 rings (SSSR count). The molecule has 0 radical (unpaired) electrons. The van der Waals surface area contributed by atoms with Gasteiger partial charge in [0.25, 0.3) is 0 Å². The van der Waals surface area contributed by atoms with Crippen molar-refractivity contribution in [2.24, 2.45) is 0 Å². The van der Waals surface area contributed by atoms with Gasteiger partial charge in [-0.1, -0.05) is 42.5 Å². The predicted octanol–water partition coefficient (Wildman–Crippen LogP) is 4.40. The lowest BCUT2D eigenvalue weighted by molar-refractivity contribution is 0.101. The van der Waals surface area contributed by atoms with Crippen molar-refractivity contribution >= 4 is 33.1 Å². The van der Waals surface area contributed by atoms with Crippen LogP contribution in [0.15, 0.2) is 48.5 Å². The van der Waals surface area contributed by atoms with Crippen LogP contribution in [-0.2, 0) is 0 Å². The summed E-state index contributed by atoms with van der Waals surface area (Å²) in [5.74, 6) is -0.0334. The summed E-state index contributed by atoms with van der Waals surface area (Å²) < 4.78 is 0. The average molecular weight is 262 g/mol. The molecule has 0 N–H and O–H groups in total. The largest absolute Gasteiger partial charge is 0.294 e. The van der Waals surface area contributed by atoms with Crippen LogP contribution in [0, 0.1) is 0 Å². The fourth-order valence-corrected chi connectivity index (χ4v) is 2.78. The fraction of sp³-hybridized carbons (Fsp3) is 0.111. The van der Waals surface area contributed by atoms with Crippen molar-refractivity contribution in [3.63, 3.8) is 0 Å². The first-order valence-electron chi connectivity index (χ1n) is 6.56. The number of rotatable bonds is 2. The summed E-state index contributed by atoms with van der Waals surface area (Å²) in [5, 5.41) is 3.62. The van der Waals surface area contributed by atoms with Gasteiger partial charge in [-0.05, 0) is 36.1 Å². The number of benzene rings is 3. The third-order valence-corrected chi connectivity index (χ3v) is 3.62. The molecule has 98 valence electrons. The number of carbonyl (C=O) groups excluding carboxylic acids is 2. The molecule has 0 aliphatic rings. The van der Waals surface area contributed by atoms with Gasteiger partial charge in [-0.3, -0.25) is 9.59 Å². The van der Waals surface area contributed by atoms with Gasteiger partial charge in [-0.25, -0.2) is 0 Å². The monoisotopic (exact) mass is 262 g/mol. The van der Waals surface area contributed by atoms with Crippen molar-refractivity contribution in [1.29, 1.82) is 0 Å². The molecule has 20 heavy (non-hydrogen) atoms. The second-order valence-corrected chi connectivity index (χ2v) is 4.99. The van der Waals surface area contributed by atoms with Gasteiger partial charge in [0.05, 0.1) is 0 Å². The minimum Gasteiger partial charge on any atom is -0.294 e. The predicted molar refractivity (Wildman–Crippen MR) is 81.5 cm³/mol. The maximum absolute atomic E-state index is 12.1. The maximum atomic E-state index is 12.1. The van der Waals surface area contributed by atoms with Gasteiger partial charge in [0, 0.05) is 16.5 Å². The van der Waals surface area contributed by atoms with Gasteiger partial charge < -0.3 is 0 Å². The van der Waals surface area contributed by atoms with Crippen molar-refractivity contribution in [2.75, 3.05) is 0 Å². The van der Waals surface area contributed by atoms with Crippen molar-refractivity contribution < 1.29 is 9.59 Å². The lowest BCUT2D eigenvalue weighted by Gasteiger charge is -2.11. The van der Waals surface area contributed by atoms with E-state index in [1.54, 1.807) is 13.0 Å². The van der Waals surface area contributed by atoms with Crippen molar-refractivity contribution in [3.05, 3.63) is 59.7 Å². The highest BCUT2D eigenvalue weighted by Gasteiger charge is 2.16. The molecule has 0 saturated heterocycles. The van der Waals surface area contributed by atoms with E-state index >= 15 is 0 Å². The van der Waals surface area contributed by atoms with E-state index in [0.717, 1.165) is 21.5 Å². The molecule has 0 aliphatic carbocycles. The van der Waals surface area contributed by atoms with Crippen molar-refractivity contribution in [3.8, 4) is 0 Å².